The SMILES string of the molecule is CN=C(NCc1sc(C)nc1C)NCC1(C)COC1. The molecule has 6 heteroatoms. The Kier molecular flexibility index (Phi) is 4.42. The smallest absolute Gasteiger partial charge is 0.191 e. The van der Waals surface area contributed by atoms with Crippen LogP contribution in [0.3, 0.4) is 0 Å². The van der Waals surface area contributed by atoms with Crippen LogP contribution in [-0.2, 0) is 11.3 Å². The molecule has 19 heavy (non-hydrogen) atoms. The molecule has 0 amide bonds. The molecule has 0 saturated carbocycles. The molecule has 0 unspecified atom stereocenters. The Bertz CT molecular complexity index is 465. The molecule has 1 aliphatic heterocycles. The van der Waals surface area contributed by atoms with Crippen molar-refractivity contribution in [2.45, 2.75) is 27.3 Å². The fourth-order valence-corrected chi connectivity index (χ4v) is 2.85. The zero-order valence-electron chi connectivity index (χ0n) is 12.0. The van der Waals surface area contributed by atoms with Gasteiger partial charge in [-0.25, -0.2) is 4.98 Å². The van der Waals surface area contributed by atoms with Gasteiger partial charge in [-0.3, -0.25) is 4.99 Å². The van der Waals surface area contributed by atoms with Crippen LogP contribution in [0.25, 0.3) is 0 Å². The van der Waals surface area contributed by atoms with E-state index in [9.17, 15) is 0 Å². The van der Waals surface area contributed by atoms with E-state index >= 15 is 0 Å². The molecule has 1 fully saturated rings. The summed E-state index contributed by atoms with van der Waals surface area (Å²) in [6, 6.07) is 0. The van der Waals surface area contributed by atoms with E-state index in [4.69, 9.17) is 4.74 Å². The molecule has 1 aromatic rings. The number of nitrogens with zero attached hydrogens (tertiary/aromatic N) is 2. The average molecular weight is 282 g/mol. The van der Waals surface area contributed by atoms with Crippen molar-refractivity contribution in [3.05, 3.63) is 15.6 Å². The minimum absolute atomic E-state index is 0.245. The first-order valence-electron chi connectivity index (χ1n) is 6.47. The van der Waals surface area contributed by atoms with Crippen molar-refractivity contribution in [3.63, 3.8) is 0 Å². The fourth-order valence-electron chi connectivity index (χ4n) is 1.97. The summed E-state index contributed by atoms with van der Waals surface area (Å²) in [7, 11) is 1.79. The first-order valence-corrected chi connectivity index (χ1v) is 7.29. The third kappa shape index (κ3) is 3.67. The Labute approximate surface area is 118 Å². The molecule has 1 aliphatic rings. The summed E-state index contributed by atoms with van der Waals surface area (Å²) in [5.41, 5.74) is 1.35. The number of hydrogen-bond donors (Lipinski definition) is 2. The van der Waals surface area contributed by atoms with Gasteiger partial charge in [0.2, 0.25) is 0 Å². The number of nitrogens with one attached hydrogen (secondary N) is 2. The van der Waals surface area contributed by atoms with Gasteiger partial charge in [0.15, 0.2) is 5.96 Å². The molecule has 1 aromatic heterocycles. The number of ether oxygens (including phenoxy) is 1. The summed E-state index contributed by atoms with van der Waals surface area (Å²) in [6.07, 6.45) is 0. The van der Waals surface area contributed by atoms with E-state index in [-0.39, 0.29) is 5.41 Å². The van der Waals surface area contributed by atoms with Crippen LogP contribution in [-0.4, -0.2) is 37.7 Å². The van der Waals surface area contributed by atoms with E-state index in [2.05, 4.69) is 27.5 Å². The lowest BCUT2D eigenvalue weighted by atomic mass is 9.89. The normalized spacial score (nSPS) is 18.0. The standard InChI is InChI=1S/C13H22N4OS/c1-9-11(19-10(2)17-9)5-15-12(14-4)16-6-13(3)7-18-8-13/h5-8H2,1-4H3,(H2,14,15,16). The van der Waals surface area contributed by atoms with Crippen molar-refractivity contribution in [2.75, 3.05) is 26.8 Å². The van der Waals surface area contributed by atoms with Gasteiger partial charge in [0.05, 0.1) is 30.5 Å². The van der Waals surface area contributed by atoms with Gasteiger partial charge in [0.25, 0.3) is 0 Å². The molecule has 0 atom stereocenters. The van der Waals surface area contributed by atoms with E-state index in [1.54, 1.807) is 18.4 Å². The summed E-state index contributed by atoms with van der Waals surface area (Å²) < 4.78 is 5.24. The van der Waals surface area contributed by atoms with Crippen molar-refractivity contribution in [2.24, 2.45) is 10.4 Å². The molecule has 0 bridgehead atoms. The number of guanidine groups is 1. The van der Waals surface area contributed by atoms with Gasteiger partial charge < -0.3 is 15.4 Å². The highest BCUT2D eigenvalue weighted by Gasteiger charge is 2.33. The maximum atomic E-state index is 5.24. The third-order valence-electron chi connectivity index (χ3n) is 3.22. The van der Waals surface area contributed by atoms with Crippen LogP contribution in [0.2, 0.25) is 0 Å². The Morgan fingerprint density at radius 1 is 1.42 bits per heavy atom. The second-order valence-electron chi connectivity index (χ2n) is 5.32. The van der Waals surface area contributed by atoms with Gasteiger partial charge in [-0.1, -0.05) is 6.92 Å². The highest BCUT2D eigenvalue weighted by atomic mass is 32.1. The van der Waals surface area contributed by atoms with Crippen molar-refractivity contribution >= 4 is 17.3 Å². The number of aromatic nitrogens is 1. The zero-order chi connectivity index (χ0) is 13.9. The molecule has 1 saturated heterocycles. The molecule has 2 rings (SSSR count). The van der Waals surface area contributed by atoms with Gasteiger partial charge >= 0.3 is 0 Å². The summed E-state index contributed by atoms with van der Waals surface area (Å²) in [6.45, 7) is 9.59. The summed E-state index contributed by atoms with van der Waals surface area (Å²) in [4.78, 5) is 9.93. The van der Waals surface area contributed by atoms with Gasteiger partial charge in [-0.15, -0.1) is 11.3 Å². The van der Waals surface area contributed by atoms with Crippen molar-refractivity contribution in [1.82, 2.24) is 15.6 Å². The minimum atomic E-state index is 0.245. The molecule has 0 aliphatic carbocycles. The molecule has 106 valence electrons. The number of rotatable bonds is 4. The largest absolute Gasteiger partial charge is 0.380 e. The molecule has 0 radical (unpaired) electrons. The van der Waals surface area contributed by atoms with Gasteiger partial charge in [0.1, 0.15) is 0 Å². The number of thiazole rings is 1. The predicted octanol–water partition coefficient (Wildman–Crippen LogP) is 1.46. The molecular formula is C13H22N4OS. The molecule has 2 heterocycles. The first kappa shape index (κ1) is 14.3. The lowest BCUT2D eigenvalue weighted by Crippen LogP contribution is -2.50. The monoisotopic (exact) mass is 282 g/mol. The van der Waals surface area contributed by atoms with Gasteiger partial charge in [-0.2, -0.15) is 0 Å². The van der Waals surface area contributed by atoms with Crippen LogP contribution in [0.15, 0.2) is 4.99 Å². The fraction of sp³-hybridized carbons (Fsp3) is 0.692. The Morgan fingerprint density at radius 3 is 2.63 bits per heavy atom. The van der Waals surface area contributed by atoms with E-state index in [1.807, 2.05) is 13.8 Å². The van der Waals surface area contributed by atoms with Crippen molar-refractivity contribution in [3.8, 4) is 0 Å². The minimum Gasteiger partial charge on any atom is -0.380 e. The highest BCUT2D eigenvalue weighted by Crippen LogP contribution is 2.25. The van der Waals surface area contributed by atoms with Crippen LogP contribution < -0.4 is 10.6 Å². The molecule has 0 aromatic carbocycles. The van der Waals surface area contributed by atoms with Crippen LogP contribution in [0.5, 0.6) is 0 Å². The second kappa shape index (κ2) is 5.88. The maximum absolute atomic E-state index is 5.24. The summed E-state index contributed by atoms with van der Waals surface area (Å²) in [5.74, 6) is 0.832. The number of aliphatic imine (C=N–C) groups is 1. The second-order valence-corrected chi connectivity index (χ2v) is 6.61. The van der Waals surface area contributed by atoms with Crippen molar-refractivity contribution in [1.29, 1.82) is 0 Å². The van der Waals surface area contributed by atoms with Gasteiger partial charge in [0, 0.05) is 23.9 Å². The molecule has 2 N–H and O–H groups in total. The molecule has 0 spiro atoms. The quantitative estimate of drug-likeness (QED) is 0.648. The summed E-state index contributed by atoms with van der Waals surface area (Å²) in [5, 5.41) is 7.79. The van der Waals surface area contributed by atoms with Crippen LogP contribution >= 0.6 is 11.3 Å². The van der Waals surface area contributed by atoms with Gasteiger partial charge in [-0.05, 0) is 13.8 Å². The first-order chi connectivity index (χ1) is 9.02. The number of hydrogen-bond acceptors (Lipinski definition) is 4. The van der Waals surface area contributed by atoms with Crippen LogP contribution in [0.4, 0.5) is 0 Å². The van der Waals surface area contributed by atoms with E-state index < -0.39 is 0 Å². The predicted molar refractivity (Wildman–Crippen MR) is 78.7 cm³/mol. The Hall–Kier alpha value is -1.14. The van der Waals surface area contributed by atoms with Crippen molar-refractivity contribution < 1.29 is 4.74 Å². The molecular weight excluding hydrogens is 260 g/mol. The topological polar surface area (TPSA) is 58.5 Å². The van der Waals surface area contributed by atoms with Crippen LogP contribution in [0, 0.1) is 19.3 Å². The third-order valence-corrected chi connectivity index (χ3v) is 4.30. The maximum Gasteiger partial charge on any atom is 0.191 e. The summed E-state index contributed by atoms with van der Waals surface area (Å²) >= 11 is 1.73. The lowest BCUT2D eigenvalue weighted by molar-refractivity contribution is -0.0971. The van der Waals surface area contributed by atoms with E-state index in [0.717, 1.165) is 43.0 Å². The molecule has 5 nitrogen and oxygen atoms in total. The van der Waals surface area contributed by atoms with Crippen LogP contribution in [0.1, 0.15) is 22.5 Å². The Balaban J connectivity index is 1.81. The average Bonchev–Trinajstić information content (AvgIpc) is 2.66. The Morgan fingerprint density at radius 2 is 2.16 bits per heavy atom. The lowest BCUT2D eigenvalue weighted by Gasteiger charge is -2.38. The van der Waals surface area contributed by atoms with E-state index in [0.29, 0.717) is 0 Å². The highest BCUT2D eigenvalue weighted by molar-refractivity contribution is 7.11. The van der Waals surface area contributed by atoms with E-state index in [1.165, 1.54) is 4.88 Å². The zero-order valence-corrected chi connectivity index (χ0v) is 12.9. The number of aryl methyl sites for hydroxylation is 2.